The molecule has 0 saturated carbocycles. The van der Waals surface area contributed by atoms with Crippen LogP contribution in [0.15, 0.2) is 0 Å². The zero-order chi connectivity index (χ0) is 6.27. The Morgan fingerprint density at radius 3 is 2.00 bits per heavy atom. The van der Waals surface area contributed by atoms with Crippen molar-refractivity contribution in [3.63, 3.8) is 0 Å². The molecule has 0 amide bonds. The van der Waals surface area contributed by atoms with Crippen molar-refractivity contribution in [3.05, 3.63) is 6.42 Å². The molecule has 11 heavy (non-hydrogen) atoms. The fourth-order valence-corrected chi connectivity index (χ4v) is 2.14. The minimum atomic E-state index is 0. The molecule has 2 rings (SSSR count). The van der Waals surface area contributed by atoms with Crippen molar-refractivity contribution in [2.45, 2.75) is 37.8 Å². The maximum absolute atomic E-state index is 2.56. The third kappa shape index (κ3) is 2.24. The van der Waals surface area contributed by atoms with Crippen LogP contribution in [-0.4, -0.2) is 47.1 Å². The van der Waals surface area contributed by atoms with Gasteiger partial charge in [0.15, 0.2) is 0 Å². The standard InChI is InChI=1S/C8H14N.ClH.Mg/c1-9-7-3-2-4-8(9)6-5-7;;/h2,7-8H,3-6H2,1H3;1H;/q-1;;+2/p-1/t7-,8+;;. The summed E-state index contributed by atoms with van der Waals surface area (Å²) < 4.78 is 0. The molecule has 2 fully saturated rings. The summed E-state index contributed by atoms with van der Waals surface area (Å²) >= 11 is 0. The second kappa shape index (κ2) is 4.90. The van der Waals surface area contributed by atoms with Gasteiger partial charge in [-0.25, -0.2) is 0 Å². The molecule has 0 aromatic carbocycles. The number of piperidine rings is 1. The number of hydrogen-bond acceptors (Lipinski definition) is 1. The second-order valence-corrected chi connectivity index (χ2v) is 3.31. The van der Waals surface area contributed by atoms with Crippen molar-refractivity contribution in [1.82, 2.24) is 4.90 Å². The summed E-state index contributed by atoms with van der Waals surface area (Å²) in [5.74, 6) is 0. The minimum absolute atomic E-state index is 0. The molecule has 2 aliphatic rings. The Balaban J connectivity index is 0.000000500. The fraction of sp³-hybridized carbons (Fsp3) is 0.875. The zero-order valence-electron chi connectivity index (χ0n) is 7.09. The van der Waals surface area contributed by atoms with Gasteiger partial charge in [0.05, 0.1) is 0 Å². The number of halogens is 1. The summed E-state index contributed by atoms with van der Waals surface area (Å²) in [6.45, 7) is 0. The molecule has 2 atom stereocenters. The molecule has 0 aromatic rings. The molecule has 2 bridgehead atoms. The molecule has 3 heteroatoms. The van der Waals surface area contributed by atoms with E-state index in [1.54, 1.807) is 0 Å². The van der Waals surface area contributed by atoms with Crippen molar-refractivity contribution in [2.75, 3.05) is 7.05 Å². The third-order valence-corrected chi connectivity index (χ3v) is 2.86. The molecule has 0 aromatic heterocycles. The van der Waals surface area contributed by atoms with Crippen molar-refractivity contribution in [3.8, 4) is 0 Å². The maximum atomic E-state index is 2.56. The molecule has 0 radical (unpaired) electrons. The summed E-state index contributed by atoms with van der Waals surface area (Å²) in [4.78, 5) is 2.56. The summed E-state index contributed by atoms with van der Waals surface area (Å²) in [5.41, 5.74) is 0. The fourth-order valence-electron chi connectivity index (χ4n) is 2.14. The first kappa shape index (κ1) is 12.0. The van der Waals surface area contributed by atoms with E-state index in [2.05, 4.69) is 18.4 Å². The van der Waals surface area contributed by atoms with Crippen LogP contribution in [-0.2, 0) is 0 Å². The van der Waals surface area contributed by atoms with Crippen molar-refractivity contribution in [2.24, 2.45) is 0 Å². The van der Waals surface area contributed by atoms with Crippen LogP contribution in [0.1, 0.15) is 25.7 Å². The van der Waals surface area contributed by atoms with Crippen LogP contribution < -0.4 is 12.4 Å². The summed E-state index contributed by atoms with van der Waals surface area (Å²) in [6.07, 6.45) is 8.03. The number of fused-ring (bicyclic) bond motifs is 2. The van der Waals surface area contributed by atoms with Crippen molar-refractivity contribution >= 4 is 23.1 Å². The van der Waals surface area contributed by atoms with Crippen LogP contribution >= 0.6 is 0 Å². The molecule has 2 aliphatic heterocycles. The van der Waals surface area contributed by atoms with Gasteiger partial charge in [-0.1, -0.05) is 0 Å². The van der Waals surface area contributed by atoms with Crippen LogP contribution in [0.2, 0.25) is 0 Å². The molecule has 0 unspecified atom stereocenters. The van der Waals surface area contributed by atoms with E-state index in [9.17, 15) is 0 Å². The summed E-state index contributed by atoms with van der Waals surface area (Å²) in [7, 11) is 2.27. The number of hydrogen-bond donors (Lipinski definition) is 0. The predicted molar refractivity (Wildman–Crippen MR) is 43.9 cm³/mol. The summed E-state index contributed by atoms with van der Waals surface area (Å²) in [6, 6.07) is 1.81. The second-order valence-electron chi connectivity index (χ2n) is 3.31. The van der Waals surface area contributed by atoms with E-state index in [1.807, 2.05) is 0 Å². The van der Waals surface area contributed by atoms with Gasteiger partial charge in [0.25, 0.3) is 0 Å². The van der Waals surface area contributed by atoms with Gasteiger partial charge >= 0.3 is 23.1 Å². The zero-order valence-corrected chi connectivity index (χ0v) is 9.26. The monoisotopic (exact) mass is 183 g/mol. The molecule has 60 valence electrons. The topological polar surface area (TPSA) is 3.24 Å². The Labute approximate surface area is 91.5 Å². The Kier molecular flexibility index (Phi) is 5.35. The molecule has 2 saturated heterocycles. The predicted octanol–water partition coefficient (Wildman–Crippen LogP) is -1.93. The average molecular weight is 184 g/mol. The van der Waals surface area contributed by atoms with Gasteiger partial charge in [0.1, 0.15) is 0 Å². The SMILES string of the molecule is CN1[C@@H]2C[CH-]C[C@H]1CC2.[Cl-].[Mg+2]. The van der Waals surface area contributed by atoms with Crippen LogP contribution in [0.4, 0.5) is 0 Å². The Morgan fingerprint density at radius 2 is 1.64 bits per heavy atom. The first-order chi connectivity index (χ1) is 4.38. The quantitative estimate of drug-likeness (QED) is 0.313. The van der Waals surface area contributed by atoms with E-state index >= 15 is 0 Å². The Hall–Kier alpha value is 1.02. The van der Waals surface area contributed by atoms with Gasteiger partial charge in [-0.2, -0.15) is 12.8 Å². The maximum Gasteiger partial charge on any atom is 2.00 e. The molecular formula is C8H14ClMgN. The van der Waals surface area contributed by atoms with Gasteiger partial charge in [-0.05, 0) is 32.0 Å². The first-order valence-electron chi connectivity index (χ1n) is 3.91. The van der Waals surface area contributed by atoms with Crippen molar-refractivity contribution in [1.29, 1.82) is 0 Å². The molecule has 0 spiro atoms. The Bertz CT molecular complexity index is 105. The molecule has 2 heterocycles. The molecule has 0 aliphatic carbocycles. The Morgan fingerprint density at radius 1 is 1.18 bits per heavy atom. The number of nitrogens with zero attached hydrogens (tertiary/aromatic N) is 1. The van der Waals surface area contributed by atoms with E-state index in [4.69, 9.17) is 0 Å². The van der Waals surface area contributed by atoms with Crippen LogP contribution in [0.25, 0.3) is 0 Å². The summed E-state index contributed by atoms with van der Waals surface area (Å²) in [5, 5.41) is 0. The smallest absolute Gasteiger partial charge is 1.00 e. The minimum Gasteiger partial charge on any atom is -1.00 e. The molecular weight excluding hydrogens is 170 g/mol. The van der Waals surface area contributed by atoms with E-state index in [0.717, 1.165) is 12.1 Å². The third-order valence-electron chi connectivity index (χ3n) is 2.86. The van der Waals surface area contributed by atoms with Gasteiger partial charge in [0.2, 0.25) is 0 Å². The average Bonchev–Trinajstić information content (AvgIpc) is 2.19. The van der Waals surface area contributed by atoms with Crippen LogP contribution in [0, 0.1) is 6.42 Å². The van der Waals surface area contributed by atoms with E-state index < -0.39 is 0 Å². The normalized spacial score (nSPS) is 35.7. The molecule has 0 N–H and O–H groups in total. The van der Waals surface area contributed by atoms with Gasteiger partial charge < -0.3 is 23.7 Å². The van der Waals surface area contributed by atoms with E-state index in [1.165, 1.54) is 25.7 Å². The largest absolute Gasteiger partial charge is 2.00 e. The van der Waals surface area contributed by atoms with E-state index in [0.29, 0.717) is 0 Å². The van der Waals surface area contributed by atoms with E-state index in [-0.39, 0.29) is 35.5 Å². The first-order valence-corrected chi connectivity index (χ1v) is 3.91. The van der Waals surface area contributed by atoms with Crippen LogP contribution in [0.3, 0.4) is 0 Å². The van der Waals surface area contributed by atoms with Gasteiger partial charge in [-0.15, -0.1) is 0 Å². The number of rotatable bonds is 0. The van der Waals surface area contributed by atoms with Crippen LogP contribution in [0.5, 0.6) is 0 Å². The van der Waals surface area contributed by atoms with Crippen molar-refractivity contribution < 1.29 is 12.4 Å². The molecule has 1 nitrogen and oxygen atoms in total. The van der Waals surface area contributed by atoms with Gasteiger partial charge in [-0.3, -0.25) is 0 Å². The van der Waals surface area contributed by atoms with Gasteiger partial charge in [0, 0.05) is 0 Å².